The summed E-state index contributed by atoms with van der Waals surface area (Å²) in [5.41, 5.74) is 1.80. The Kier molecular flexibility index (Phi) is 6.51. The number of esters is 1. The second-order valence-corrected chi connectivity index (χ2v) is 7.76. The maximum absolute atomic E-state index is 12.4. The van der Waals surface area contributed by atoms with Crippen molar-refractivity contribution < 1.29 is 23.9 Å². The van der Waals surface area contributed by atoms with E-state index in [9.17, 15) is 19.2 Å². The zero-order valence-corrected chi connectivity index (χ0v) is 16.8. The van der Waals surface area contributed by atoms with Gasteiger partial charge in [-0.1, -0.05) is 30.5 Å². The molecule has 0 aromatic heterocycles. The van der Waals surface area contributed by atoms with Gasteiger partial charge in [-0.25, -0.2) is 4.79 Å². The lowest BCUT2D eigenvalue weighted by Gasteiger charge is -2.18. The third-order valence-corrected chi connectivity index (χ3v) is 5.39. The minimum absolute atomic E-state index is 0.0310. The Labute approximate surface area is 170 Å². The number of aryl methyl sites for hydroxylation is 1. The normalized spacial score (nSPS) is 20.4. The molecule has 1 saturated carbocycles. The van der Waals surface area contributed by atoms with Crippen LogP contribution in [0.1, 0.15) is 44.6 Å². The van der Waals surface area contributed by atoms with Crippen LogP contribution in [-0.2, 0) is 19.1 Å². The van der Waals surface area contributed by atoms with Gasteiger partial charge in [-0.15, -0.1) is 0 Å². The van der Waals surface area contributed by atoms with E-state index < -0.39 is 29.9 Å². The van der Waals surface area contributed by atoms with Gasteiger partial charge < -0.3 is 15.0 Å². The molecule has 3 rings (SSSR count). The molecular weight excluding hydrogens is 374 g/mol. The highest BCUT2D eigenvalue weighted by Crippen LogP contribution is 2.26. The summed E-state index contributed by atoms with van der Waals surface area (Å²) in [6.45, 7) is 3.57. The first-order valence-electron chi connectivity index (χ1n) is 10.0. The zero-order valence-electron chi connectivity index (χ0n) is 16.8. The number of carbonyl (C=O) groups is 4. The number of anilines is 1. The van der Waals surface area contributed by atoms with Crippen LogP contribution in [-0.4, -0.2) is 42.5 Å². The first kappa shape index (κ1) is 20.8. The van der Waals surface area contributed by atoms with Crippen LogP contribution in [0.5, 0.6) is 0 Å². The lowest BCUT2D eigenvalue weighted by molar-refractivity contribution is -0.158. The van der Waals surface area contributed by atoms with E-state index in [1.54, 1.807) is 4.90 Å². The molecule has 1 aromatic carbocycles. The molecule has 2 fully saturated rings. The van der Waals surface area contributed by atoms with Gasteiger partial charge in [0.05, 0.1) is 5.92 Å². The van der Waals surface area contributed by atoms with Crippen molar-refractivity contribution in [2.45, 2.75) is 58.1 Å². The van der Waals surface area contributed by atoms with E-state index >= 15 is 0 Å². The van der Waals surface area contributed by atoms with Crippen LogP contribution >= 0.6 is 0 Å². The fourth-order valence-corrected chi connectivity index (χ4v) is 3.67. The summed E-state index contributed by atoms with van der Waals surface area (Å²) in [7, 11) is 0. The number of nitrogens with one attached hydrogen (secondary N) is 2. The van der Waals surface area contributed by atoms with Gasteiger partial charge in [0.2, 0.25) is 5.91 Å². The van der Waals surface area contributed by atoms with Crippen LogP contribution < -0.4 is 15.5 Å². The van der Waals surface area contributed by atoms with Gasteiger partial charge in [0.1, 0.15) is 0 Å². The van der Waals surface area contributed by atoms with Gasteiger partial charge in [0.15, 0.2) is 6.10 Å². The monoisotopic (exact) mass is 401 g/mol. The molecule has 1 heterocycles. The van der Waals surface area contributed by atoms with E-state index in [-0.39, 0.29) is 24.9 Å². The number of imide groups is 1. The maximum Gasteiger partial charge on any atom is 0.321 e. The maximum atomic E-state index is 12.4. The number of urea groups is 1. The van der Waals surface area contributed by atoms with Crippen LogP contribution in [0.2, 0.25) is 0 Å². The molecular formula is C21H27N3O5. The zero-order chi connectivity index (χ0) is 21.0. The van der Waals surface area contributed by atoms with Crippen LogP contribution in [0.15, 0.2) is 24.3 Å². The van der Waals surface area contributed by atoms with Crippen molar-refractivity contribution in [2.24, 2.45) is 5.92 Å². The Hall–Kier alpha value is -2.90. The topological polar surface area (TPSA) is 105 Å². The molecule has 0 radical (unpaired) electrons. The summed E-state index contributed by atoms with van der Waals surface area (Å²) >= 11 is 0. The summed E-state index contributed by atoms with van der Waals surface area (Å²) in [5, 5.41) is 4.95. The smallest absolute Gasteiger partial charge is 0.321 e. The highest BCUT2D eigenvalue weighted by Gasteiger charge is 2.37. The Balaban J connectivity index is 1.48. The minimum atomic E-state index is -1.12. The quantitative estimate of drug-likeness (QED) is 0.735. The molecule has 1 aliphatic heterocycles. The predicted molar refractivity (Wildman–Crippen MR) is 106 cm³/mol. The first-order chi connectivity index (χ1) is 13.8. The van der Waals surface area contributed by atoms with Crippen LogP contribution in [0.25, 0.3) is 0 Å². The standard InChI is InChI=1S/C21H27N3O5/c1-13-7-9-17(10-8-13)24-12-15(11-18(24)25)20(27)29-14(2)19(26)23-21(28)22-16-5-3-4-6-16/h7-10,14-16H,3-6,11-12H2,1-2H3,(H2,22,23,26,28)/t14-,15+/m0/s1. The van der Waals surface area contributed by atoms with Gasteiger partial charge in [-0.05, 0) is 38.8 Å². The summed E-state index contributed by atoms with van der Waals surface area (Å²) in [4.78, 5) is 50.3. The van der Waals surface area contributed by atoms with Crippen molar-refractivity contribution in [2.75, 3.05) is 11.4 Å². The van der Waals surface area contributed by atoms with Gasteiger partial charge in [-0.2, -0.15) is 0 Å². The molecule has 0 unspecified atom stereocenters. The fourth-order valence-electron chi connectivity index (χ4n) is 3.67. The Morgan fingerprint density at radius 1 is 1.14 bits per heavy atom. The number of benzene rings is 1. The van der Waals surface area contributed by atoms with Crippen LogP contribution in [0.4, 0.5) is 10.5 Å². The molecule has 156 valence electrons. The molecule has 4 amide bonds. The first-order valence-corrected chi connectivity index (χ1v) is 10.0. The molecule has 1 aliphatic carbocycles. The Morgan fingerprint density at radius 2 is 1.79 bits per heavy atom. The third kappa shape index (κ3) is 5.34. The predicted octanol–water partition coefficient (Wildman–Crippen LogP) is 2.05. The van der Waals surface area contributed by atoms with Gasteiger partial charge >= 0.3 is 12.0 Å². The van der Waals surface area contributed by atoms with Crippen molar-refractivity contribution in [3.8, 4) is 0 Å². The average Bonchev–Trinajstić information content (AvgIpc) is 3.32. The van der Waals surface area contributed by atoms with E-state index in [4.69, 9.17) is 4.74 Å². The molecule has 2 atom stereocenters. The van der Waals surface area contributed by atoms with E-state index in [1.165, 1.54) is 6.92 Å². The number of ether oxygens (including phenoxy) is 1. The summed E-state index contributed by atoms with van der Waals surface area (Å²) < 4.78 is 5.21. The molecule has 0 spiro atoms. The highest BCUT2D eigenvalue weighted by atomic mass is 16.5. The van der Waals surface area contributed by atoms with Gasteiger partial charge in [0, 0.05) is 24.7 Å². The molecule has 1 saturated heterocycles. The molecule has 8 nitrogen and oxygen atoms in total. The Morgan fingerprint density at radius 3 is 2.45 bits per heavy atom. The average molecular weight is 401 g/mol. The second kappa shape index (κ2) is 9.07. The summed E-state index contributed by atoms with van der Waals surface area (Å²) in [5.74, 6) is -2.12. The van der Waals surface area contributed by atoms with Crippen molar-refractivity contribution in [1.29, 1.82) is 0 Å². The van der Waals surface area contributed by atoms with E-state index in [1.807, 2.05) is 31.2 Å². The number of hydrogen-bond acceptors (Lipinski definition) is 5. The van der Waals surface area contributed by atoms with Crippen molar-refractivity contribution in [3.63, 3.8) is 0 Å². The molecule has 8 heteroatoms. The lowest BCUT2D eigenvalue weighted by atomic mass is 10.1. The summed E-state index contributed by atoms with van der Waals surface area (Å²) in [6.07, 6.45) is 2.83. The molecule has 29 heavy (non-hydrogen) atoms. The number of rotatable bonds is 5. The minimum Gasteiger partial charge on any atom is -0.452 e. The third-order valence-electron chi connectivity index (χ3n) is 5.39. The van der Waals surface area contributed by atoms with Crippen LogP contribution in [0.3, 0.4) is 0 Å². The Bertz CT molecular complexity index is 786. The molecule has 1 aromatic rings. The van der Waals surface area contributed by atoms with Gasteiger partial charge in [0.25, 0.3) is 5.91 Å². The van der Waals surface area contributed by atoms with Gasteiger partial charge in [-0.3, -0.25) is 19.7 Å². The van der Waals surface area contributed by atoms with E-state index in [0.717, 1.165) is 36.9 Å². The number of nitrogens with zero attached hydrogens (tertiary/aromatic N) is 1. The number of hydrogen-bond donors (Lipinski definition) is 2. The number of amides is 4. The van der Waals surface area contributed by atoms with Crippen LogP contribution in [0, 0.1) is 12.8 Å². The summed E-state index contributed by atoms with van der Waals surface area (Å²) in [6, 6.07) is 6.97. The largest absolute Gasteiger partial charge is 0.452 e. The van der Waals surface area contributed by atoms with E-state index in [0.29, 0.717) is 0 Å². The van der Waals surface area contributed by atoms with E-state index in [2.05, 4.69) is 10.6 Å². The fraction of sp³-hybridized carbons (Fsp3) is 0.524. The molecule has 2 N–H and O–H groups in total. The SMILES string of the molecule is Cc1ccc(N2C[C@H](C(=O)O[C@@H](C)C(=O)NC(=O)NC3CCCC3)CC2=O)cc1. The molecule has 0 bridgehead atoms. The molecule has 2 aliphatic rings. The van der Waals surface area contributed by atoms with Crippen molar-refractivity contribution in [3.05, 3.63) is 29.8 Å². The van der Waals surface area contributed by atoms with Crippen molar-refractivity contribution >= 4 is 29.5 Å². The highest BCUT2D eigenvalue weighted by molar-refractivity contribution is 6.00. The number of carbonyl (C=O) groups excluding carboxylic acids is 4. The second-order valence-electron chi connectivity index (χ2n) is 7.76. The van der Waals surface area contributed by atoms with Crippen molar-refractivity contribution in [1.82, 2.24) is 10.6 Å². The lowest BCUT2D eigenvalue weighted by Crippen LogP contribution is -2.47.